The van der Waals surface area contributed by atoms with Crippen LogP contribution in [0.2, 0.25) is 0 Å². The van der Waals surface area contributed by atoms with Gasteiger partial charge >= 0.3 is 0 Å². The number of nitrogens with two attached hydrogens (primary N) is 1. The fourth-order valence-electron chi connectivity index (χ4n) is 2.25. The lowest BCUT2D eigenvalue weighted by atomic mass is 10.0. The zero-order valence-corrected chi connectivity index (χ0v) is 13.5. The first-order valence-electron chi connectivity index (χ1n) is 6.40. The molecule has 1 aromatic heterocycles. The Labute approximate surface area is 135 Å². The first kappa shape index (κ1) is 14.1. The predicted octanol–water partition coefficient (Wildman–Crippen LogP) is 4.08. The average molecular weight is 393 g/mol. The molecular weight excluding hydrogens is 380 g/mol. The standard InChI is InChI=1S/C16H13FIN3/c1-21-16(19)14(10-2-6-12(17)7-3-10)15(20-21)11-4-8-13(18)9-5-11/h2-9H,19H2,1H3. The van der Waals surface area contributed by atoms with Crippen LogP contribution in [0.1, 0.15) is 0 Å². The van der Waals surface area contributed by atoms with Crippen LogP contribution >= 0.6 is 22.6 Å². The number of nitrogen functional groups attached to an aromatic ring is 1. The fraction of sp³-hybridized carbons (Fsp3) is 0.0625. The third kappa shape index (κ3) is 2.65. The lowest BCUT2D eigenvalue weighted by Gasteiger charge is -2.05. The van der Waals surface area contributed by atoms with Crippen LogP contribution in [0.15, 0.2) is 48.5 Å². The highest BCUT2D eigenvalue weighted by Gasteiger charge is 2.17. The van der Waals surface area contributed by atoms with Crippen LogP contribution < -0.4 is 5.73 Å². The Morgan fingerprint density at radius 1 is 1.00 bits per heavy atom. The second-order valence-corrected chi connectivity index (χ2v) is 5.99. The maximum absolute atomic E-state index is 13.1. The third-order valence-electron chi connectivity index (χ3n) is 3.34. The summed E-state index contributed by atoms with van der Waals surface area (Å²) in [6, 6.07) is 14.4. The maximum Gasteiger partial charge on any atom is 0.129 e. The minimum atomic E-state index is -0.267. The van der Waals surface area contributed by atoms with Crippen molar-refractivity contribution < 1.29 is 4.39 Å². The zero-order valence-electron chi connectivity index (χ0n) is 11.3. The van der Waals surface area contributed by atoms with Gasteiger partial charge in [0.15, 0.2) is 0 Å². The minimum absolute atomic E-state index is 0.267. The topological polar surface area (TPSA) is 43.8 Å². The van der Waals surface area contributed by atoms with Crippen molar-refractivity contribution in [2.75, 3.05) is 5.73 Å². The van der Waals surface area contributed by atoms with E-state index in [4.69, 9.17) is 5.73 Å². The summed E-state index contributed by atoms with van der Waals surface area (Å²) in [4.78, 5) is 0. The van der Waals surface area contributed by atoms with Gasteiger partial charge in [0.1, 0.15) is 17.3 Å². The number of hydrogen-bond acceptors (Lipinski definition) is 2. The number of anilines is 1. The zero-order chi connectivity index (χ0) is 15.0. The highest BCUT2D eigenvalue weighted by atomic mass is 127. The average Bonchev–Trinajstić information content (AvgIpc) is 2.77. The van der Waals surface area contributed by atoms with E-state index in [1.165, 1.54) is 12.1 Å². The van der Waals surface area contributed by atoms with Gasteiger partial charge in [-0.1, -0.05) is 24.3 Å². The maximum atomic E-state index is 13.1. The second kappa shape index (κ2) is 5.48. The Morgan fingerprint density at radius 2 is 1.57 bits per heavy atom. The van der Waals surface area contributed by atoms with E-state index >= 15 is 0 Å². The molecule has 0 amide bonds. The highest BCUT2D eigenvalue weighted by molar-refractivity contribution is 14.1. The third-order valence-corrected chi connectivity index (χ3v) is 4.06. The van der Waals surface area contributed by atoms with Crippen LogP contribution in [-0.4, -0.2) is 9.78 Å². The molecule has 0 spiro atoms. The number of benzene rings is 2. The molecule has 5 heteroatoms. The Morgan fingerprint density at radius 3 is 2.19 bits per heavy atom. The molecule has 0 fully saturated rings. The van der Waals surface area contributed by atoms with E-state index in [-0.39, 0.29) is 5.82 Å². The van der Waals surface area contributed by atoms with E-state index in [1.54, 1.807) is 23.9 Å². The Bertz CT molecular complexity index is 777. The van der Waals surface area contributed by atoms with Crippen LogP contribution in [-0.2, 0) is 7.05 Å². The van der Waals surface area contributed by atoms with Crippen LogP contribution in [0.5, 0.6) is 0 Å². The molecular formula is C16H13FIN3. The molecule has 3 aromatic rings. The van der Waals surface area contributed by atoms with Gasteiger partial charge in [0.25, 0.3) is 0 Å². The molecule has 0 atom stereocenters. The monoisotopic (exact) mass is 393 g/mol. The summed E-state index contributed by atoms with van der Waals surface area (Å²) in [6.45, 7) is 0. The number of nitrogens with zero attached hydrogens (tertiary/aromatic N) is 2. The second-order valence-electron chi connectivity index (χ2n) is 4.75. The Hall–Kier alpha value is -1.89. The summed E-state index contributed by atoms with van der Waals surface area (Å²) in [6.07, 6.45) is 0. The van der Waals surface area contributed by atoms with Gasteiger partial charge in [-0.15, -0.1) is 0 Å². The van der Waals surface area contributed by atoms with Gasteiger partial charge in [-0.25, -0.2) is 4.39 Å². The van der Waals surface area contributed by atoms with Crippen molar-refractivity contribution >= 4 is 28.4 Å². The van der Waals surface area contributed by atoms with Gasteiger partial charge < -0.3 is 5.73 Å². The number of halogens is 2. The molecule has 0 saturated heterocycles. The van der Waals surface area contributed by atoms with Crippen molar-refractivity contribution in [2.24, 2.45) is 7.05 Å². The molecule has 3 rings (SSSR count). The molecule has 106 valence electrons. The molecule has 0 aliphatic carbocycles. The molecule has 0 bridgehead atoms. The first-order valence-corrected chi connectivity index (χ1v) is 7.48. The van der Waals surface area contributed by atoms with E-state index in [0.29, 0.717) is 5.82 Å². The van der Waals surface area contributed by atoms with Gasteiger partial charge in [0, 0.05) is 16.2 Å². The van der Waals surface area contributed by atoms with Gasteiger partial charge in [-0.05, 0) is 52.4 Å². The van der Waals surface area contributed by atoms with Crippen molar-refractivity contribution in [1.82, 2.24) is 9.78 Å². The van der Waals surface area contributed by atoms with E-state index in [2.05, 4.69) is 27.7 Å². The van der Waals surface area contributed by atoms with Crippen LogP contribution in [0, 0.1) is 9.39 Å². The van der Waals surface area contributed by atoms with E-state index in [0.717, 1.165) is 26.0 Å². The molecule has 1 heterocycles. The lowest BCUT2D eigenvalue weighted by Crippen LogP contribution is -1.97. The fourth-order valence-corrected chi connectivity index (χ4v) is 2.61. The molecule has 3 nitrogen and oxygen atoms in total. The summed E-state index contributed by atoms with van der Waals surface area (Å²) >= 11 is 2.26. The Kier molecular flexibility index (Phi) is 3.67. The van der Waals surface area contributed by atoms with Gasteiger partial charge in [-0.2, -0.15) is 5.10 Å². The number of rotatable bonds is 2. The molecule has 0 radical (unpaired) electrons. The summed E-state index contributed by atoms with van der Waals surface area (Å²) < 4.78 is 15.9. The Balaban J connectivity index is 2.20. The van der Waals surface area contributed by atoms with E-state index < -0.39 is 0 Å². The summed E-state index contributed by atoms with van der Waals surface area (Å²) in [5, 5.41) is 4.50. The SMILES string of the molecule is Cn1nc(-c2ccc(I)cc2)c(-c2ccc(F)cc2)c1N. The largest absolute Gasteiger partial charge is 0.383 e. The molecule has 21 heavy (non-hydrogen) atoms. The lowest BCUT2D eigenvalue weighted by molar-refractivity contribution is 0.628. The smallest absolute Gasteiger partial charge is 0.129 e. The van der Waals surface area contributed by atoms with Crippen molar-refractivity contribution in [1.29, 1.82) is 0 Å². The summed E-state index contributed by atoms with van der Waals surface area (Å²) in [5.74, 6) is 0.298. The van der Waals surface area contributed by atoms with E-state index in [1.807, 2.05) is 24.3 Å². The van der Waals surface area contributed by atoms with Crippen molar-refractivity contribution in [3.8, 4) is 22.4 Å². The highest BCUT2D eigenvalue weighted by Crippen LogP contribution is 2.35. The molecule has 0 saturated carbocycles. The van der Waals surface area contributed by atoms with Gasteiger partial charge in [0.05, 0.1) is 5.56 Å². The molecule has 2 aromatic carbocycles. The van der Waals surface area contributed by atoms with Gasteiger partial charge in [-0.3, -0.25) is 4.68 Å². The quantitative estimate of drug-likeness (QED) is 0.667. The normalized spacial score (nSPS) is 10.8. The number of hydrogen-bond donors (Lipinski definition) is 1. The molecule has 2 N–H and O–H groups in total. The summed E-state index contributed by atoms with van der Waals surface area (Å²) in [7, 11) is 1.80. The number of aromatic nitrogens is 2. The van der Waals surface area contributed by atoms with Gasteiger partial charge in [0.2, 0.25) is 0 Å². The van der Waals surface area contributed by atoms with Crippen LogP contribution in [0.3, 0.4) is 0 Å². The minimum Gasteiger partial charge on any atom is -0.383 e. The van der Waals surface area contributed by atoms with E-state index in [9.17, 15) is 4.39 Å². The molecule has 0 aliphatic rings. The predicted molar refractivity (Wildman–Crippen MR) is 91.2 cm³/mol. The summed E-state index contributed by atoms with van der Waals surface area (Å²) in [5.41, 5.74) is 9.63. The molecule has 0 aliphatic heterocycles. The van der Waals surface area contributed by atoms with Crippen molar-refractivity contribution in [3.63, 3.8) is 0 Å². The number of aryl methyl sites for hydroxylation is 1. The van der Waals surface area contributed by atoms with Crippen molar-refractivity contribution in [2.45, 2.75) is 0 Å². The van der Waals surface area contributed by atoms with Crippen molar-refractivity contribution in [3.05, 3.63) is 57.9 Å². The van der Waals surface area contributed by atoms with Crippen LogP contribution in [0.4, 0.5) is 10.2 Å². The first-order chi connectivity index (χ1) is 10.1. The van der Waals surface area contributed by atoms with Crippen LogP contribution in [0.25, 0.3) is 22.4 Å². The molecule has 0 unspecified atom stereocenters.